The third-order valence-electron chi connectivity index (χ3n) is 3.71. The van der Waals surface area contributed by atoms with E-state index in [1.807, 2.05) is 0 Å². The molecule has 0 amide bonds. The van der Waals surface area contributed by atoms with E-state index in [1.54, 1.807) is 12.4 Å². The summed E-state index contributed by atoms with van der Waals surface area (Å²) in [5.74, 6) is 1.62. The van der Waals surface area contributed by atoms with Crippen LogP contribution in [-0.2, 0) is 5.54 Å². The predicted molar refractivity (Wildman–Crippen MR) is 68.8 cm³/mol. The fourth-order valence-corrected chi connectivity index (χ4v) is 2.75. The highest BCUT2D eigenvalue weighted by atomic mass is 16.5. The largest absolute Gasteiger partial charge is 0.334 e. The first-order valence-electron chi connectivity index (χ1n) is 6.56. The average molecular weight is 259 g/mol. The number of aromatic nitrogens is 4. The van der Waals surface area contributed by atoms with Crippen LogP contribution in [0.2, 0.25) is 0 Å². The maximum Gasteiger partial charge on any atom is 0.261 e. The van der Waals surface area contributed by atoms with Crippen LogP contribution in [0.1, 0.15) is 38.4 Å². The molecule has 1 aliphatic carbocycles. The van der Waals surface area contributed by atoms with Gasteiger partial charge in [-0.1, -0.05) is 24.9 Å². The van der Waals surface area contributed by atoms with Crippen LogP contribution in [0.5, 0.6) is 0 Å². The lowest BCUT2D eigenvalue weighted by Crippen LogP contribution is -2.42. The first-order valence-corrected chi connectivity index (χ1v) is 6.56. The zero-order chi connectivity index (χ0) is 13.3. The highest BCUT2D eigenvalue weighted by molar-refractivity contribution is 5.48. The second kappa shape index (κ2) is 4.70. The second-order valence-corrected chi connectivity index (χ2v) is 5.41. The molecule has 0 aliphatic heterocycles. The third kappa shape index (κ3) is 2.35. The zero-order valence-electron chi connectivity index (χ0n) is 10.9. The van der Waals surface area contributed by atoms with Crippen molar-refractivity contribution in [2.75, 3.05) is 0 Å². The van der Waals surface area contributed by atoms with Gasteiger partial charge in [0.25, 0.3) is 5.89 Å². The Morgan fingerprint density at radius 3 is 2.89 bits per heavy atom. The Hall–Kier alpha value is -1.82. The molecule has 19 heavy (non-hydrogen) atoms. The maximum absolute atomic E-state index is 6.45. The molecule has 6 heteroatoms. The molecule has 100 valence electrons. The number of rotatable bonds is 2. The fourth-order valence-electron chi connectivity index (χ4n) is 2.75. The Morgan fingerprint density at radius 2 is 2.16 bits per heavy atom. The molecule has 6 nitrogen and oxygen atoms in total. The van der Waals surface area contributed by atoms with Crippen molar-refractivity contribution in [3.63, 3.8) is 0 Å². The molecule has 1 fully saturated rings. The lowest BCUT2D eigenvalue weighted by atomic mass is 9.76. The summed E-state index contributed by atoms with van der Waals surface area (Å²) in [5.41, 5.74) is 6.70. The van der Waals surface area contributed by atoms with E-state index in [4.69, 9.17) is 10.3 Å². The van der Waals surface area contributed by atoms with Gasteiger partial charge in [0.2, 0.25) is 0 Å². The Morgan fingerprint density at radius 1 is 1.37 bits per heavy atom. The minimum Gasteiger partial charge on any atom is -0.334 e. The number of hydrogen-bond acceptors (Lipinski definition) is 6. The van der Waals surface area contributed by atoms with Gasteiger partial charge in [0.1, 0.15) is 6.33 Å². The van der Waals surface area contributed by atoms with Gasteiger partial charge in [-0.2, -0.15) is 4.98 Å². The van der Waals surface area contributed by atoms with Gasteiger partial charge in [-0.25, -0.2) is 9.97 Å². The lowest BCUT2D eigenvalue weighted by molar-refractivity contribution is 0.222. The minimum absolute atomic E-state index is 0.429. The van der Waals surface area contributed by atoms with Crippen molar-refractivity contribution in [1.29, 1.82) is 0 Å². The van der Waals surface area contributed by atoms with E-state index in [1.165, 1.54) is 12.7 Å². The van der Waals surface area contributed by atoms with Crippen molar-refractivity contribution in [3.05, 3.63) is 24.5 Å². The van der Waals surface area contributed by atoms with Crippen molar-refractivity contribution in [2.45, 2.75) is 38.1 Å². The number of nitrogens with zero attached hydrogens (tertiary/aromatic N) is 4. The van der Waals surface area contributed by atoms with Crippen LogP contribution >= 0.6 is 0 Å². The minimum atomic E-state index is -0.463. The van der Waals surface area contributed by atoms with E-state index in [9.17, 15) is 0 Å². The van der Waals surface area contributed by atoms with Crippen LogP contribution in [0.4, 0.5) is 0 Å². The number of hydrogen-bond donors (Lipinski definition) is 1. The molecule has 2 N–H and O–H groups in total. The maximum atomic E-state index is 6.45. The van der Waals surface area contributed by atoms with Crippen LogP contribution in [0, 0.1) is 5.92 Å². The van der Waals surface area contributed by atoms with E-state index in [0.717, 1.165) is 19.3 Å². The van der Waals surface area contributed by atoms with E-state index in [-0.39, 0.29) is 0 Å². The Bertz CT molecular complexity index is 555. The molecule has 1 saturated carbocycles. The summed E-state index contributed by atoms with van der Waals surface area (Å²) in [7, 11) is 0. The molecular formula is C13H17N5O. The number of nitrogens with two attached hydrogens (primary N) is 1. The topological polar surface area (TPSA) is 90.7 Å². The van der Waals surface area contributed by atoms with Gasteiger partial charge < -0.3 is 10.3 Å². The lowest BCUT2D eigenvalue weighted by Gasteiger charge is -2.33. The molecule has 2 aromatic rings. The van der Waals surface area contributed by atoms with Gasteiger partial charge in [-0.15, -0.1) is 0 Å². The zero-order valence-corrected chi connectivity index (χ0v) is 10.9. The summed E-state index contributed by atoms with van der Waals surface area (Å²) in [6.45, 7) is 2.22. The van der Waals surface area contributed by atoms with E-state index in [0.29, 0.717) is 23.2 Å². The highest BCUT2D eigenvalue weighted by Gasteiger charge is 2.37. The normalized spacial score (nSPS) is 27.4. The molecule has 0 saturated heterocycles. The third-order valence-corrected chi connectivity index (χ3v) is 3.71. The first kappa shape index (κ1) is 12.2. The predicted octanol–water partition coefficient (Wildman–Crippen LogP) is 1.89. The molecule has 0 bridgehead atoms. The van der Waals surface area contributed by atoms with Crippen molar-refractivity contribution >= 4 is 0 Å². The van der Waals surface area contributed by atoms with Crippen molar-refractivity contribution in [3.8, 4) is 11.5 Å². The van der Waals surface area contributed by atoms with Crippen LogP contribution in [-0.4, -0.2) is 20.1 Å². The molecule has 3 rings (SSSR count). The molecule has 2 heterocycles. The molecule has 2 atom stereocenters. The summed E-state index contributed by atoms with van der Waals surface area (Å²) >= 11 is 0. The Balaban J connectivity index is 1.89. The summed E-state index contributed by atoms with van der Waals surface area (Å²) in [5, 5.41) is 4.06. The summed E-state index contributed by atoms with van der Waals surface area (Å²) in [6.07, 6.45) is 8.90. The van der Waals surface area contributed by atoms with E-state index in [2.05, 4.69) is 27.0 Å². The molecular weight excluding hydrogens is 242 g/mol. The Kier molecular flexibility index (Phi) is 3.02. The smallest absolute Gasteiger partial charge is 0.261 e. The fraction of sp³-hybridized carbons (Fsp3) is 0.538. The van der Waals surface area contributed by atoms with Crippen molar-refractivity contribution in [1.82, 2.24) is 20.1 Å². The Labute approximate surface area is 111 Å². The van der Waals surface area contributed by atoms with Crippen molar-refractivity contribution in [2.24, 2.45) is 11.7 Å². The highest BCUT2D eigenvalue weighted by Crippen LogP contribution is 2.36. The summed E-state index contributed by atoms with van der Waals surface area (Å²) < 4.78 is 5.28. The van der Waals surface area contributed by atoms with Gasteiger partial charge in [0.05, 0.1) is 11.1 Å². The summed E-state index contributed by atoms with van der Waals surface area (Å²) in [4.78, 5) is 12.3. The SMILES string of the molecule is CC1CCCC(N)(c2noc(-c3cncnc3)n2)C1. The van der Waals surface area contributed by atoms with Gasteiger partial charge >= 0.3 is 0 Å². The summed E-state index contributed by atoms with van der Waals surface area (Å²) in [6, 6.07) is 0. The van der Waals surface area contributed by atoms with Gasteiger partial charge in [-0.3, -0.25) is 0 Å². The molecule has 2 aromatic heterocycles. The van der Waals surface area contributed by atoms with Crippen LogP contribution < -0.4 is 5.73 Å². The van der Waals surface area contributed by atoms with Gasteiger partial charge in [0, 0.05) is 12.4 Å². The second-order valence-electron chi connectivity index (χ2n) is 5.41. The molecule has 0 radical (unpaired) electrons. The quantitative estimate of drug-likeness (QED) is 0.885. The van der Waals surface area contributed by atoms with Crippen LogP contribution in [0.3, 0.4) is 0 Å². The van der Waals surface area contributed by atoms with Gasteiger partial charge in [-0.05, 0) is 18.8 Å². The van der Waals surface area contributed by atoms with Crippen molar-refractivity contribution < 1.29 is 4.52 Å². The van der Waals surface area contributed by atoms with E-state index >= 15 is 0 Å². The molecule has 2 unspecified atom stereocenters. The molecule has 1 aliphatic rings. The first-order chi connectivity index (χ1) is 9.17. The molecule has 0 spiro atoms. The molecule has 0 aromatic carbocycles. The van der Waals surface area contributed by atoms with Crippen LogP contribution in [0.25, 0.3) is 11.5 Å². The van der Waals surface area contributed by atoms with Gasteiger partial charge in [0.15, 0.2) is 5.82 Å². The standard InChI is InChI=1S/C13H17N5O/c1-9-3-2-4-13(14,5-9)12-17-11(19-18-12)10-6-15-8-16-7-10/h6-9H,2-5,14H2,1H3. The monoisotopic (exact) mass is 259 g/mol. The van der Waals surface area contributed by atoms with Crippen LogP contribution in [0.15, 0.2) is 23.2 Å². The van der Waals surface area contributed by atoms with E-state index < -0.39 is 5.54 Å². The average Bonchev–Trinajstić information content (AvgIpc) is 2.90.